The predicted octanol–water partition coefficient (Wildman–Crippen LogP) is 8.59. The molecule has 0 bridgehead atoms. The van der Waals surface area contributed by atoms with Gasteiger partial charge in [-0.3, -0.25) is 4.79 Å². The summed E-state index contributed by atoms with van der Waals surface area (Å²) in [5, 5.41) is 1.50. The first-order valence-electron chi connectivity index (χ1n) is 14.0. The largest absolute Gasteiger partial charge is 0.318 e. The van der Waals surface area contributed by atoms with Gasteiger partial charge in [-0.15, -0.1) is 0 Å². The molecule has 0 fully saturated rings. The average Bonchev–Trinajstić information content (AvgIpc) is 3.61. The number of rotatable bonds is 5. The minimum atomic E-state index is 0.0286. The summed E-state index contributed by atoms with van der Waals surface area (Å²) < 4.78 is 6.87. The van der Waals surface area contributed by atoms with Gasteiger partial charge in [0.25, 0.3) is 5.56 Å². The standard InChI is InChI=1S/C21H18ClN3O.C14H10BrClN2/c1-14-9-17(12-24(2)21(14)26)16-5-8-20-23-11-19(25(20)13-16)10-15-3-6-18(22)7-4-15;15-11-3-6-14-17-8-13(18(14)9-11)7-10-1-4-12(16)5-2-10/h3-9,11-13H,10H2,1-2H3;1-6,8-9H,7H2. The van der Waals surface area contributed by atoms with Gasteiger partial charge in [-0.1, -0.05) is 47.5 Å². The number of aromatic nitrogens is 5. The van der Waals surface area contributed by atoms with Gasteiger partial charge in [0.2, 0.25) is 0 Å². The Morgan fingerprint density at radius 1 is 0.682 bits per heavy atom. The Kier molecular flexibility index (Phi) is 8.71. The number of halogens is 3. The first-order chi connectivity index (χ1) is 21.2. The lowest BCUT2D eigenvalue weighted by Crippen LogP contribution is -2.18. The quantitative estimate of drug-likeness (QED) is 0.183. The highest BCUT2D eigenvalue weighted by Crippen LogP contribution is 2.22. The zero-order valence-corrected chi connectivity index (χ0v) is 27.2. The maximum absolute atomic E-state index is 11.9. The highest BCUT2D eigenvalue weighted by Gasteiger charge is 2.09. The first-order valence-corrected chi connectivity index (χ1v) is 15.5. The van der Waals surface area contributed by atoms with Crippen molar-refractivity contribution in [2.24, 2.45) is 7.05 Å². The van der Waals surface area contributed by atoms with E-state index in [0.29, 0.717) is 0 Å². The van der Waals surface area contributed by atoms with Crippen molar-refractivity contribution < 1.29 is 0 Å². The fourth-order valence-electron chi connectivity index (χ4n) is 5.13. The lowest BCUT2D eigenvalue weighted by Gasteiger charge is -2.08. The van der Waals surface area contributed by atoms with Crippen LogP contribution in [0.5, 0.6) is 0 Å². The number of aryl methyl sites for hydroxylation is 2. The Bertz CT molecular complexity index is 2120. The molecule has 0 aliphatic rings. The van der Waals surface area contributed by atoms with E-state index in [-0.39, 0.29) is 5.56 Å². The zero-order valence-electron chi connectivity index (χ0n) is 24.1. The van der Waals surface area contributed by atoms with Crippen LogP contribution in [0.1, 0.15) is 28.1 Å². The van der Waals surface area contributed by atoms with Crippen molar-refractivity contribution in [1.82, 2.24) is 23.3 Å². The summed E-state index contributed by atoms with van der Waals surface area (Å²) in [4.78, 5) is 20.8. The highest BCUT2D eigenvalue weighted by atomic mass is 79.9. The Balaban J connectivity index is 0.000000167. The van der Waals surface area contributed by atoms with E-state index in [1.807, 2.05) is 111 Å². The van der Waals surface area contributed by atoms with Gasteiger partial charge in [0.1, 0.15) is 11.3 Å². The molecule has 7 aromatic rings. The van der Waals surface area contributed by atoms with Crippen LogP contribution in [0, 0.1) is 6.92 Å². The molecule has 0 spiro atoms. The number of hydrogen-bond donors (Lipinski definition) is 0. The third-order valence-corrected chi connectivity index (χ3v) is 8.39. The molecular formula is C35H28BrCl2N5O. The fraction of sp³-hybridized carbons (Fsp3) is 0.114. The highest BCUT2D eigenvalue weighted by molar-refractivity contribution is 9.10. The number of nitrogens with zero attached hydrogens (tertiary/aromatic N) is 5. The van der Waals surface area contributed by atoms with Crippen molar-refractivity contribution in [1.29, 1.82) is 0 Å². The lowest BCUT2D eigenvalue weighted by molar-refractivity contribution is 0.850. The normalized spacial score (nSPS) is 11.1. The van der Waals surface area contributed by atoms with E-state index in [4.69, 9.17) is 23.2 Å². The van der Waals surface area contributed by atoms with Gasteiger partial charge in [-0.2, -0.15) is 0 Å². The third kappa shape index (κ3) is 6.65. The molecular weight excluding hydrogens is 657 g/mol. The SMILES string of the molecule is Cc1cc(-c2ccc3ncc(Cc4ccc(Cl)cc4)n3c2)cn(C)c1=O.Clc1ccc(Cc2cnc3ccc(Br)cn23)cc1. The van der Waals surface area contributed by atoms with Crippen molar-refractivity contribution in [2.75, 3.05) is 0 Å². The predicted molar refractivity (Wildman–Crippen MR) is 182 cm³/mol. The Labute approximate surface area is 273 Å². The van der Waals surface area contributed by atoms with Crippen molar-refractivity contribution in [3.05, 3.63) is 163 Å². The second-order valence-electron chi connectivity index (χ2n) is 10.7. The van der Waals surface area contributed by atoms with Gasteiger partial charge in [-0.05, 0) is 99.7 Å². The van der Waals surface area contributed by atoms with Crippen LogP contribution in [0.15, 0.2) is 119 Å². The molecule has 0 aliphatic heterocycles. The van der Waals surface area contributed by atoms with Crippen LogP contribution < -0.4 is 5.56 Å². The summed E-state index contributed by atoms with van der Waals surface area (Å²) in [7, 11) is 1.78. The summed E-state index contributed by atoms with van der Waals surface area (Å²) in [5.41, 5.74) is 9.35. The molecule has 0 saturated heterocycles. The smallest absolute Gasteiger partial charge is 0.253 e. The van der Waals surface area contributed by atoms with Crippen LogP contribution in [0.3, 0.4) is 0 Å². The maximum atomic E-state index is 11.9. The minimum Gasteiger partial charge on any atom is -0.318 e. The second-order valence-corrected chi connectivity index (χ2v) is 12.4. The van der Waals surface area contributed by atoms with Crippen LogP contribution in [-0.2, 0) is 19.9 Å². The van der Waals surface area contributed by atoms with E-state index in [0.717, 1.165) is 66.7 Å². The molecule has 0 aliphatic carbocycles. The molecule has 5 aromatic heterocycles. The number of benzene rings is 2. The topological polar surface area (TPSA) is 56.6 Å². The van der Waals surface area contributed by atoms with E-state index in [1.165, 1.54) is 11.1 Å². The Morgan fingerprint density at radius 3 is 1.75 bits per heavy atom. The van der Waals surface area contributed by atoms with Crippen molar-refractivity contribution in [3.8, 4) is 11.1 Å². The van der Waals surface area contributed by atoms with E-state index in [1.54, 1.807) is 11.6 Å². The summed E-state index contributed by atoms with van der Waals surface area (Å²) in [6.07, 6.45) is 11.4. The molecule has 0 atom stereocenters. The molecule has 9 heteroatoms. The van der Waals surface area contributed by atoms with Crippen molar-refractivity contribution in [3.63, 3.8) is 0 Å². The second kappa shape index (κ2) is 12.8. The maximum Gasteiger partial charge on any atom is 0.253 e. The number of fused-ring (bicyclic) bond motifs is 2. The molecule has 0 radical (unpaired) electrons. The van der Waals surface area contributed by atoms with Gasteiger partial charge in [0.15, 0.2) is 0 Å². The van der Waals surface area contributed by atoms with Crippen LogP contribution in [0.4, 0.5) is 0 Å². The third-order valence-electron chi connectivity index (χ3n) is 7.42. The van der Waals surface area contributed by atoms with Gasteiger partial charge in [0, 0.05) is 82.3 Å². The van der Waals surface area contributed by atoms with Crippen LogP contribution in [0.2, 0.25) is 10.0 Å². The van der Waals surface area contributed by atoms with Gasteiger partial charge in [0.05, 0.1) is 0 Å². The van der Waals surface area contributed by atoms with Gasteiger partial charge in [-0.25, -0.2) is 9.97 Å². The van der Waals surface area contributed by atoms with E-state index >= 15 is 0 Å². The van der Waals surface area contributed by atoms with Crippen molar-refractivity contribution >= 4 is 50.4 Å². The molecule has 6 nitrogen and oxygen atoms in total. The fourth-order valence-corrected chi connectivity index (χ4v) is 5.72. The minimum absolute atomic E-state index is 0.0286. The van der Waals surface area contributed by atoms with E-state index in [9.17, 15) is 4.79 Å². The number of imidazole rings is 2. The molecule has 0 saturated carbocycles. The Hall–Kier alpha value is -4.17. The summed E-state index contributed by atoms with van der Waals surface area (Å²) in [6.45, 7) is 1.84. The van der Waals surface area contributed by atoms with Crippen molar-refractivity contribution in [2.45, 2.75) is 19.8 Å². The van der Waals surface area contributed by atoms with Gasteiger partial charge >= 0.3 is 0 Å². The summed E-state index contributed by atoms with van der Waals surface area (Å²) in [5.74, 6) is 0. The molecule has 5 heterocycles. The number of pyridine rings is 3. The molecule has 44 heavy (non-hydrogen) atoms. The van der Waals surface area contributed by atoms with E-state index < -0.39 is 0 Å². The Morgan fingerprint density at radius 2 is 1.20 bits per heavy atom. The van der Waals surface area contributed by atoms with Crippen LogP contribution in [-0.4, -0.2) is 23.3 Å². The van der Waals surface area contributed by atoms with E-state index in [2.05, 4.69) is 40.9 Å². The molecule has 0 amide bonds. The first kappa shape index (κ1) is 29.9. The summed E-state index contributed by atoms with van der Waals surface area (Å²) in [6, 6.07) is 25.7. The van der Waals surface area contributed by atoms with Gasteiger partial charge < -0.3 is 13.4 Å². The van der Waals surface area contributed by atoms with Crippen LogP contribution >= 0.6 is 39.1 Å². The number of hydrogen-bond acceptors (Lipinski definition) is 3. The molecule has 220 valence electrons. The molecule has 7 rings (SSSR count). The monoisotopic (exact) mass is 683 g/mol. The lowest BCUT2D eigenvalue weighted by atomic mass is 10.1. The molecule has 0 unspecified atom stereocenters. The zero-order chi connectivity index (χ0) is 30.8. The molecule has 2 aromatic carbocycles. The summed E-state index contributed by atoms with van der Waals surface area (Å²) >= 11 is 15.3. The molecule has 0 N–H and O–H groups in total. The average molecular weight is 685 g/mol. The van der Waals surface area contributed by atoms with Crippen LogP contribution in [0.25, 0.3) is 22.4 Å².